The van der Waals surface area contributed by atoms with Crippen LogP contribution in [0.1, 0.15) is 18.7 Å². The maximum absolute atomic E-state index is 5.98. The van der Waals surface area contributed by atoms with Gasteiger partial charge in [0.1, 0.15) is 0 Å². The van der Waals surface area contributed by atoms with Crippen LogP contribution in [-0.2, 0) is 11.3 Å². The zero-order valence-corrected chi connectivity index (χ0v) is 12.7. The molecule has 21 heavy (non-hydrogen) atoms. The van der Waals surface area contributed by atoms with E-state index in [0.29, 0.717) is 29.4 Å². The zero-order chi connectivity index (χ0) is 14.7. The molecule has 0 radical (unpaired) electrons. The van der Waals surface area contributed by atoms with Gasteiger partial charge in [0.2, 0.25) is 11.7 Å². The number of piperidine rings is 1. The van der Waals surface area contributed by atoms with Crippen LogP contribution in [0.2, 0.25) is 5.02 Å². The van der Waals surface area contributed by atoms with Crippen molar-refractivity contribution in [1.29, 1.82) is 0 Å². The van der Waals surface area contributed by atoms with Crippen LogP contribution in [0.3, 0.4) is 0 Å². The summed E-state index contributed by atoms with van der Waals surface area (Å²) < 4.78 is 10.7. The maximum Gasteiger partial charge on any atom is 0.241 e. The zero-order valence-electron chi connectivity index (χ0n) is 12.0. The smallest absolute Gasteiger partial charge is 0.241 e. The van der Waals surface area contributed by atoms with Gasteiger partial charge in [-0.3, -0.25) is 4.90 Å². The molecule has 0 spiro atoms. The lowest BCUT2D eigenvalue weighted by Crippen LogP contribution is -2.36. The van der Waals surface area contributed by atoms with Crippen LogP contribution in [0, 0.1) is 0 Å². The van der Waals surface area contributed by atoms with E-state index >= 15 is 0 Å². The third-order valence-corrected chi connectivity index (χ3v) is 4.01. The van der Waals surface area contributed by atoms with E-state index in [4.69, 9.17) is 20.9 Å². The van der Waals surface area contributed by atoms with Gasteiger partial charge in [0.05, 0.1) is 12.6 Å². The highest BCUT2D eigenvalue weighted by atomic mass is 35.5. The van der Waals surface area contributed by atoms with Crippen molar-refractivity contribution in [3.63, 3.8) is 0 Å². The molecule has 1 fully saturated rings. The topological polar surface area (TPSA) is 51.4 Å². The number of nitrogens with zero attached hydrogens (tertiary/aromatic N) is 3. The first-order valence-corrected chi connectivity index (χ1v) is 7.46. The number of benzene rings is 1. The Morgan fingerprint density at radius 3 is 2.90 bits per heavy atom. The van der Waals surface area contributed by atoms with Crippen molar-refractivity contribution >= 4 is 11.6 Å². The summed E-state index contributed by atoms with van der Waals surface area (Å²) in [6.45, 7) is 2.67. The second kappa shape index (κ2) is 6.56. The Labute approximate surface area is 128 Å². The molecule has 1 aromatic heterocycles. The minimum Gasteiger partial charge on any atom is -0.381 e. The molecule has 1 aromatic carbocycles. The first-order valence-electron chi connectivity index (χ1n) is 7.08. The summed E-state index contributed by atoms with van der Waals surface area (Å²) >= 11 is 5.98. The molecule has 2 heterocycles. The molecule has 0 atom stereocenters. The van der Waals surface area contributed by atoms with E-state index in [1.54, 1.807) is 7.11 Å². The highest BCUT2D eigenvalue weighted by molar-refractivity contribution is 6.30. The normalized spacial score (nSPS) is 17.2. The highest BCUT2D eigenvalue weighted by Crippen LogP contribution is 2.21. The van der Waals surface area contributed by atoms with Crippen molar-refractivity contribution in [2.45, 2.75) is 25.5 Å². The van der Waals surface area contributed by atoms with E-state index in [1.165, 1.54) is 0 Å². The van der Waals surface area contributed by atoms with Crippen molar-refractivity contribution in [3.05, 3.63) is 35.2 Å². The highest BCUT2D eigenvalue weighted by Gasteiger charge is 2.20. The number of aromatic nitrogens is 2. The molecule has 3 rings (SSSR count). The van der Waals surface area contributed by atoms with Gasteiger partial charge < -0.3 is 9.26 Å². The van der Waals surface area contributed by atoms with Gasteiger partial charge in [0.15, 0.2) is 0 Å². The average Bonchev–Trinajstić information content (AvgIpc) is 2.97. The Kier molecular flexibility index (Phi) is 4.53. The summed E-state index contributed by atoms with van der Waals surface area (Å²) in [6, 6.07) is 7.46. The Bertz CT molecular complexity index is 594. The summed E-state index contributed by atoms with van der Waals surface area (Å²) in [5.41, 5.74) is 0.871. The number of hydrogen-bond donors (Lipinski definition) is 0. The number of rotatable bonds is 4. The average molecular weight is 308 g/mol. The van der Waals surface area contributed by atoms with E-state index in [1.807, 2.05) is 24.3 Å². The van der Waals surface area contributed by atoms with Crippen LogP contribution in [0.15, 0.2) is 28.8 Å². The van der Waals surface area contributed by atoms with Crippen LogP contribution >= 0.6 is 11.6 Å². The second-order valence-corrected chi connectivity index (χ2v) is 5.67. The fourth-order valence-electron chi connectivity index (χ4n) is 2.56. The monoisotopic (exact) mass is 307 g/mol. The van der Waals surface area contributed by atoms with Gasteiger partial charge in [-0.2, -0.15) is 4.98 Å². The summed E-state index contributed by atoms with van der Waals surface area (Å²) in [5.74, 6) is 1.22. The molecular formula is C15H18ClN3O2. The van der Waals surface area contributed by atoms with Crippen molar-refractivity contribution < 1.29 is 9.26 Å². The molecule has 6 heteroatoms. The van der Waals surface area contributed by atoms with Crippen LogP contribution in [-0.4, -0.2) is 41.3 Å². The molecule has 0 bridgehead atoms. The lowest BCUT2D eigenvalue weighted by atomic mass is 10.1. The van der Waals surface area contributed by atoms with Gasteiger partial charge in [-0.05, 0) is 25.0 Å². The van der Waals surface area contributed by atoms with E-state index in [9.17, 15) is 0 Å². The number of hydrogen-bond acceptors (Lipinski definition) is 5. The third kappa shape index (κ3) is 3.61. The van der Waals surface area contributed by atoms with E-state index in [0.717, 1.165) is 31.5 Å². The van der Waals surface area contributed by atoms with Crippen molar-refractivity contribution in [3.8, 4) is 11.4 Å². The van der Waals surface area contributed by atoms with Gasteiger partial charge >= 0.3 is 0 Å². The van der Waals surface area contributed by atoms with E-state index in [2.05, 4.69) is 15.0 Å². The molecule has 0 saturated carbocycles. The number of ether oxygens (including phenoxy) is 1. The van der Waals surface area contributed by atoms with E-state index in [-0.39, 0.29) is 0 Å². The minimum atomic E-state index is 0.381. The lowest BCUT2D eigenvalue weighted by molar-refractivity contribution is 0.0359. The summed E-state index contributed by atoms with van der Waals surface area (Å²) in [7, 11) is 1.77. The summed E-state index contributed by atoms with van der Waals surface area (Å²) in [5, 5.41) is 4.70. The van der Waals surface area contributed by atoms with Crippen LogP contribution in [0.4, 0.5) is 0 Å². The van der Waals surface area contributed by atoms with Crippen molar-refractivity contribution in [2.24, 2.45) is 0 Å². The Balaban J connectivity index is 1.63. The predicted molar refractivity (Wildman–Crippen MR) is 80.1 cm³/mol. The standard InChI is InChI=1S/C15H18ClN3O2/c1-20-13-5-7-19(8-6-13)10-14-17-15(18-21-14)11-3-2-4-12(16)9-11/h2-4,9,13H,5-8,10H2,1H3. The molecule has 0 amide bonds. The fraction of sp³-hybridized carbons (Fsp3) is 0.467. The molecule has 1 aliphatic rings. The first-order chi connectivity index (χ1) is 10.2. The Morgan fingerprint density at radius 1 is 1.38 bits per heavy atom. The molecule has 5 nitrogen and oxygen atoms in total. The van der Waals surface area contributed by atoms with Gasteiger partial charge in [0.25, 0.3) is 0 Å². The molecule has 0 N–H and O–H groups in total. The predicted octanol–water partition coefficient (Wildman–Crippen LogP) is 3.00. The third-order valence-electron chi connectivity index (χ3n) is 3.78. The molecule has 0 aliphatic carbocycles. The van der Waals surface area contributed by atoms with Gasteiger partial charge in [-0.15, -0.1) is 0 Å². The number of likely N-dealkylation sites (tertiary alicyclic amines) is 1. The molecule has 1 aliphatic heterocycles. The first kappa shape index (κ1) is 14.5. The van der Waals surface area contributed by atoms with Gasteiger partial charge in [-0.25, -0.2) is 0 Å². The van der Waals surface area contributed by atoms with Crippen LogP contribution in [0.25, 0.3) is 11.4 Å². The largest absolute Gasteiger partial charge is 0.381 e. The molecule has 112 valence electrons. The lowest BCUT2D eigenvalue weighted by Gasteiger charge is -2.29. The molecular weight excluding hydrogens is 290 g/mol. The number of methoxy groups -OCH3 is 1. The quantitative estimate of drug-likeness (QED) is 0.869. The minimum absolute atomic E-state index is 0.381. The summed E-state index contributed by atoms with van der Waals surface area (Å²) in [6.07, 6.45) is 2.48. The SMILES string of the molecule is COC1CCN(Cc2nc(-c3cccc(Cl)c3)no2)CC1. The number of halogens is 1. The van der Waals surface area contributed by atoms with Gasteiger partial charge in [-0.1, -0.05) is 28.9 Å². The Hall–Kier alpha value is -1.43. The Morgan fingerprint density at radius 2 is 2.19 bits per heavy atom. The van der Waals surface area contributed by atoms with E-state index < -0.39 is 0 Å². The fourth-order valence-corrected chi connectivity index (χ4v) is 2.75. The van der Waals surface area contributed by atoms with Crippen molar-refractivity contribution in [1.82, 2.24) is 15.0 Å². The van der Waals surface area contributed by atoms with Crippen LogP contribution in [0.5, 0.6) is 0 Å². The summed E-state index contributed by atoms with van der Waals surface area (Å²) in [4.78, 5) is 6.76. The van der Waals surface area contributed by atoms with Crippen LogP contribution < -0.4 is 0 Å². The van der Waals surface area contributed by atoms with Gasteiger partial charge in [0, 0.05) is 30.8 Å². The maximum atomic E-state index is 5.98. The molecule has 0 unspecified atom stereocenters. The molecule has 2 aromatic rings. The second-order valence-electron chi connectivity index (χ2n) is 5.23. The molecule has 1 saturated heterocycles. The van der Waals surface area contributed by atoms with Crippen molar-refractivity contribution in [2.75, 3.05) is 20.2 Å².